The van der Waals surface area contributed by atoms with Crippen molar-refractivity contribution in [2.24, 2.45) is 5.73 Å². The predicted molar refractivity (Wildman–Crippen MR) is 68.5 cm³/mol. The largest absolute Gasteiger partial charge is 0.388 e. The summed E-state index contributed by atoms with van der Waals surface area (Å²) in [5.41, 5.74) is 5.03. The Labute approximate surface area is 104 Å². The fraction of sp³-hybridized carbons (Fsp3) is 0.923. The fourth-order valence-corrected chi connectivity index (χ4v) is 2.55. The molecule has 0 aromatic carbocycles. The Morgan fingerprint density at radius 2 is 2.06 bits per heavy atom. The lowest BCUT2D eigenvalue weighted by molar-refractivity contribution is -0.123. The maximum Gasteiger partial charge on any atom is 0.221 e. The fourth-order valence-electron chi connectivity index (χ4n) is 2.55. The Morgan fingerprint density at radius 3 is 2.59 bits per heavy atom. The van der Waals surface area contributed by atoms with Crippen molar-refractivity contribution >= 4 is 5.91 Å². The molecule has 1 saturated carbocycles. The summed E-state index contributed by atoms with van der Waals surface area (Å²) in [7, 11) is 0. The first-order chi connectivity index (χ1) is 7.87. The van der Waals surface area contributed by atoms with Crippen LogP contribution in [0.15, 0.2) is 0 Å². The van der Waals surface area contributed by atoms with E-state index in [9.17, 15) is 9.90 Å². The van der Waals surface area contributed by atoms with Gasteiger partial charge in [0.25, 0.3) is 0 Å². The van der Waals surface area contributed by atoms with E-state index in [0.717, 1.165) is 32.1 Å². The van der Waals surface area contributed by atoms with Gasteiger partial charge in [0.05, 0.1) is 5.60 Å². The minimum atomic E-state index is -0.804. The number of amides is 1. The van der Waals surface area contributed by atoms with Gasteiger partial charge >= 0.3 is 0 Å². The number of aliphatic hydroxyl groups is 1. The first-order valence-electron chi connectivity index (χ1n) is 6.65. The van der Waals surface area contributed by atoms with Crippen molar-refractivity contribution in [3.63, 3.8) is 0 Å². The van der Waals surface area contributed by atoms with Gasteiger partial charge in [0.15, 0.2) is 0 Å². The minimum absolute atomic E-state index is 0.0363. The third-order valence-electron chi connectivity index (χ3n) is 3.57. The summed E-state index contributed by atoms with van der Waals surface area (Å²) in [5.74, 6) is -0.0363. The number of carbonyl (C=O) groups excluding carboxylic acids is 1. The van der Waals surface area contributed by atoms with Gasteiger partial charge in [-0.2, -0.15) is 0 Å². The molecule has 100 valence electrons. The highest BCUT2D eigenvalue weighted by Gasteiger charge is 2.32. The van der Waals surface area contributed by atoms with Gasteiger partial charge < -0.3 is 16.2 Å². The Bertz CT molecular complexity index is 258. The molecule has 0 radical (unpaired) electrons. The van der Waals surface area contributed by atoms with Gasteiger partial charge in [0, 0.05) is 18.5 Å². The van der Waals surface area contributed by atoms with Crippen LogP contribution in [0.5, 0.6) is 0 Å². The van der Waals surface area contributed by atoms with E-state index in [1.165, 1.54) is 0 Å². The van der Waals surface area contributed by atoms with E-state index in [4.69, 9.17) is 5.73 Å². The van der Waals surface area contributed by atoms with Crippen LogP contribution in [0.25, 0.3) is 0 Å². The molecule has 4 N–H and O–H groups in total. The van der Waals surface area contributed by atoms with Crippen LogP contribution in [0.3, 0.4) is 0 Å². The third-order valence-corrected chi connectivity index (χ3v) is 3.57. The topological polar surface area (TPSA) is 75.3 Å². The second kappa shape index (κ2) is 5.83. The lowest BCUT2D eigenvalue weighted by Crippen LogP contribution is -2.46. The van der Waals surface area contributed by atoms with Gasteiger partial charge in [-0.1, -0.05) is 26.2 Å². The highest BCUT2D eigenvalue weighted by Crippen LogP contribution is 2.29. The molecule has 1 aliphatic carbocycles. The van der Waals surface area contributed by atoms with Gasteiger partial charge in [0.2, 0.25) is 5.91 Å². The zero-order valence-electron chi connectivity index (χ0n) is 11.1. The molecular weight excluding hydrogens is 216 g/mol. The Morgan fingerprint density at radius 1 is 1.47 bits per heavy atom. The monoisotopic (exact) mass is 242 g/mol. The summed E-state index contributed by atoms with van der Waals surface area (Å²) in [6, 6.07) is 0. The quantitative estimate of drug-likeness (QED) is 0.657. The molecule has 0 bridgehead atoms. The molecule has 4 nitrogen and oxygen atoms in total. The van der Waals surface area contributed by atoms with E-state index in [1.54, 1.807) is 6.92 Å². The second-order valence-corrected chi connectivity index (χ2v) is 5.77. The molecule has 1 aliphatic rings. The van der Waals surface area contributed by atoms with Crippen molar-refractivity contribution in [1.82, 2.24) is 5.32 Å². The Hall–Kier alpha value is -0.610. The van der Waals surface area contributed by atoms with Crippen LogP contribution in [0.4, 0.5) is 0 Å². The molecule has 0 spiro atoms. The highest BCUT2D eigenvalue weighted by atomic mass is 16.3. The zero-order valence-corrected chi connectivity index (χ0v) is 11.1. The van der Waals surface area contributed by atoms with E-state index < -0.39 is 5.60 Å². The molecule has 0 aromatic rings. The van der Waals surface area contributed by atoms with Crippen molar-refractivity contribution in [2.75, 3.05) is 6.54 Å². The highest BCUT2D eigenvalue weighted by molar-refractivity contribution is 5.77. The molecule has 0 aromatic heterocycles. The van der Waals surface area contributed by atoms with E-state index in [2.05, 4.69) is 5.32 Å². The van der Waals surface area contributed by atoms with Crippen molar-refractivity contribution in [2.45, 2.75) is 69.9 Å². The second-order valence-electron chi connectivity index (χ2n) is 5.77. The molecule has 0 saturated heterocycles. The molecule has 0 heterocycles. The number of carbonyl (C=O) groups is 1. The van der Waals surface area contributed by atoms with Crippen LogP contribution in [0.2, 0.25) is 0 Å². The van der Waals surface area contributed by atoms with E-state index in [-0.39, 0.29) is 11.4 Å². The maximum atomic E-state index is 11.8. The molecule has 4 heteroatoms. The van der Waals surface area contributed by atoms with Crippen LogP contribution in [0, 0.1) is 0 Å². The minimum Gasteiger partial charge on any atom is -0.388 e. The summed E-state index contributed by atoms with van der Waals surface area (Å²) in [6.45, 7) is 4.09. The number of hydrogen-bond acceptors (Lipinski definition) is 3. The molecule has 1 amide bonds. The Kier molecular flexibility index (Phi) is 4.95. The van der Waals surface area contributed by atoms with Crippen molar-refractivity contribution in [1.29, 1.82) is 0 Å². The van der Waals surface area contributed by atoms with Crippen LogP contribution < -0.4 is 11.1 Å². The zero-order chi connectivity index (χ0) is 12.9. The molecule has 1 fully saturated rings. The lowest BCUT2D eigenvalue weighted by atomic mass is 9.94. The number of nitrogens with two attached hydrogens (primary N) is 1. The van der Waals surface area contributed by atoms with E-state index in [0.29, 0.717) is 19.4 Å². The summed E-state index contributed by atoms with van der Waals surface area (Å²) < 4.78 is 0. The summed E-state index contributed by atoms with van der Waals surface area (Å²) in [6.07, 6.45) is 6.10. The molecule has 1 rings (SSSR count). The summed E-state index contributed by atoms with van der Waals surface area (Å²) >= 11 is 0. The number of hydrogen-bond donors (Lipinski definition) is 3. The molecule has 17 heavy (non-hydrogen) atoms. The Balaban J connectivity index is 2.30. The third kappa shape index (κ3) is 5.04. The first-order valence-corrected chi connectivity index (χ1v) is 6.65. The number of rotatable bonds is 6. The van der Waals surface area contributed by atoms with Crippen molar-refractivity contribution in [3.8, 4) is 0 Å². The summed E-state index contributed by atoms with van der Waals surface area (Å²) in [4.78, 5) is 11.8. The van der Waals surface area contributed by atoms with Gasteiger partial charge in [0.1, 0.15) is 0 Å². The van der Waals surface area contributed by atoms with Gasteiger partial charge in [-0.3, -0.25) is 4.79 Å². The van der Waals surface area contributed by atoms with Crippen LogP contribution in [0.1, 0.15) is 58.8 Å². The normalized spacial score (nSPS) is 22.1. The van der Waals surface area contributed by atoms with E-state index >= 15 is 0 Å². The standard InChI is InChI=1S/C13H26N2O2/c1-3-6-12(2,17)10-15-11(16)9-13(14)7-4-5-8-13/h17H,3-10,14H2,1-2H3,(H,15,16). The molecular formula is C13H26N2O2. The van der Waals surface area contributed by atoms with Gasteiger partial charge in [-0.05, 0) is 26.2 Å². The molecule has 0 aliphatic heterocycles. The van der Waals surface area contributed by atoms with Crippen LogP contribution in [-0.4, -0.2) is 28.7 Å². The van der Waals surface area contributed by atoms with Crippen LogP contribution >= 0.6 is 0 Å². The van der Waals surface area contributed by atoms with Gasteiger partial charge in [-0.25, -0.2) is 0 Å². The number of nitrogens with one attached hydrogen (secondary N) is 1. The van der Waals surface area contributed by atoms with Gasteiger partial charge in [-0.15, -0.1) is 0 Å². The average Bonchev–Trinajstić information content (AvgIpc) is 2.62. The van der Waals surface area contributed by atoms with Crippen molar-refractivity contribution in [3.05, 3.63) is 0 Å². The first kappa shape index (κ1) is 14.5. The predicted octanol–water partition coefficient (Wildman–Crippen LogP) is 1.32. The van der Waals surface area contributed by atoms with Crippen LogP contribution in [-0.2, 0) is 4.79 Å². The maximum absolute atomic E-state index is 11.8. The smallest absolute Gasteiger partial charge is 0.221 e. The summed E-state index contributed by atoms with van der Waals surface area (Å²) in [5, 5.41) is 12.7. The molecule has 1 atom stereocenters. The molecule has 1 unspecified atom stereocenters. The van der Waals surface area contributed by atoms with Crippen molar-refractivity contribution < 1.29 is 9.90 Å². The SMILES string of the molecule is CCCC(C)(O)CNC(=O)CC1(N)CCCC1. The lowest BCUT2D eigenvalue weighted by Gasteiger charge is -2.26. The average molecular weight is 242 g/mol. The van der Waals surface area contributed by atoms with E-state index in [1.807, 2.05) is 6.92 Å².